The van der Waals surface area contributed by atoms with E-state index in [1.165, 1.54) is 11.3 Å². The molecule has 0 fully saturated rings. The van der Waals surface area contributed by atoms with Gasteiger partial charge in [0.1, 0.15) is 10.9 Å². The third-order valence-electron chi connectivity index (χ3n) is 3.75. The number of rotatable bonds is 2. The molecule has 0 amide bonds. The van der Waals surface area contributed by atoms with Crippen molar-refractivity contribution < 1.29 is 4.79 Å². The van der Waals surface area contributed by atoms with E-state index >= 15 is 0 Å². The molecule has 2 aromatic carbocycles. The predicted octanol–water partition coefficient (Wildman–Crippen LogP) is 3.13. The zero-order valence-corrected chi connectivity index (χ0v) is 13.2. The maximum atomic E-state index is 12.7. The normalized spacial score (nSPS) is 10.8. The number of nitriles is 1. The molecule has 4 rings (SSSR count). The van der Waals surface area contributed by atoms with Crippen LogP contribution in [0, 0.1) is 16.7 Å². The molecular formula is C18H10N4OS. The summed E-state index contributed by atoms with van der Waals surface area (Å²) < 4.78 is 2.57. The zero-order chi connectivity index (χ0) is 16.7. The molecule has 0 saturated heterocycles. The molecule has 1 N–H and O–H groups in total. The van der Waals surface area contributed by atoms with Gasteiger partial charge in [0.05, 0.1) is 10.2 Å². The Kier molecular flexibility index (Phi) is 3.22. The van der Waals surface area contributed by atoms with Crippen LogP contribution in [0.1, 0.15) is 21.7 Å². The Morgan fingerprint density at radius 2 is 1.83 bits per heavy atom. The van der Waals surface area contributed by atoms with Crippen molar-refractivity contribution in [3.05, 3.63) is 77.0 Å². The topological polar surface area (TPSA) is 82.0 Å². The molecule has 2 aromatic heterocycles. The van der Waals surface area contributed by atoms with E-state index in [0.717, 1.165) is 10.2 Å². The summed E-state index contributed by atoms with van der Waals surface area (Å²) in [5, 5.41) is 17.9. The van der Waals surface area contributed by atoms with Gasteiger partial charge in [-0.1, -0.05) is 42.5 Å². The van der Waals surface area contributed by atoms with E-state index in [1.807, 2.05) is 36.4 Å². The van der Waals surface area contributed by atoms with Gasteiger partial charge in [-0.15, -0.1) is 11.3 Å². The molecule has 0 bridgehead atoms. The number of aromatic nitrogens is 2. The molecule has 4 aromatic rings. The van der Waals surface area contributed by atoms with Crippen molar-refractivity contribution in [2.24, 2.45) is 0 Å². The standard InChI is InChI=1S/C18H10N4OS/c19-10-12-18-22(13-8-4-5-9-14(13)24-18)17(20)15(21-12)16(23)11-6-2-1-3-7-11/h1-9,20H. The first kappa shape index (κ1) is 14.3. The number of carbonyl (C=O) groups excluding carboxylic acids is 1. The molecule has 0 atom stereocenters. The lowest BCUT2D eigenvalue weighted by molar-refractivity contribution is 0.103. The largest absolute Gasteiger partial charge is 0.287 e. The summed E-state index contributed by atoms with van der Waals surface area (Å²) in [7, 11) is 0. The number of para-hydroxylation sites is 1. The zero-order valence-electron chi connectivity index (χ0n) is 12.4. The summed E-state index contributed by atoms with van der Waals surface area (Å²) in [4.78, 5) is 17.5. The monoisotopic (exact) mass is 330 g/mol. The highest BCUT2D eigenvalue weighted by atomic mass is 32.1. The van der Waals surface area contributed by atoms with Gasteiger partial charge in [-0.3, -0.25) is 14.6 Å². The fraction of sp³-hybridized carbons (Fsp3) is 0. The van der Waals surface area contributed by atoms with Gasteiger partial charge in [-0.05, 0) is 12.1 Å². The molecular weight excluding hydrogens is 320 g/mol. The van der Waals surface area contributed by atoms with Crippen LogP contribution in [0.5, 0.6) is 0 Å². The molecule has 5 nitrogen and oxygen atoms in total. The van der Waals surface area contributed by atoms with Crippen molar-refractivity contribution in [2.75, 3.05) is 0 Å². The lowest BCUT2D eigenvalue weighted by Crippen LogP contribution is -2.25. The van der Waals surface area contributed by atoms with E-state index in [1.54, 1.807) is 28.7 Å². The van der Waals surface area contributed by atoms with E-state index in [2.05, 4.69) is 4.98 Å². The van der Waals surface area contributed by atoms with Crippen LogP contribution in [0.3, 0.4) is 0 Å². The maximum Gasteiger partial charge on any atom is 0.215 e. The van der Waals surface area contributed by atoms with E-state index < -0.39 is 0 Å². The van der Waals surface area contributed by atoms with Crippen LogP contribution in [0.4, 0.5) is 0 Å². The Morgan fingerprint density at radius 3 is 2.58 bits per heavy atom. The fourth-order valence-corrected chi connectivity index (χ4v) is 3.73. The maximum absolute atomic E-state index is 12.7. The van der Waals surface area contributed by atoms with E-state index in [-0.39, 0.29) is 22.7 Å². The molecule has 0 aliphatic rings. The van der Waals surface area contributed by atoms with Crippen LogP contribution in [-0.2, 0) is 0 Å². The van der Waals surface area contributed by atoms with Crippen molar-refractivity contribution in [3.63, 3.8) is 0 Å². The Labute approximate surface area is 140 Å². The van der Waals surface area contributed by atoms with Gasteiger partial charge < -0.3 is 0 Å². The molecule has 24 heavy (non-hydrogen) atoms. The second-order valence-electron chi connectivity index (χ2n) is 5.17. The van der Waals surface area contributed by atoms with Gasteiger partial charge in [-0.25, -0.2) is 4.98 Å². The van der Waals surface area contributed by atoms with Gasteiger partial charge >= 0.3 is 0 Å². The molecule has 0 aliphatic heterocycles. The lowest BCUT2D eigenvalue weighted by Gasteiger charge is -2.04. The number of thiazole rings is 1. The number of hydrogen-bond acceptors (Lipinski definition) is 5. The quantitative estimate of drug-likeness (QED) is 0.573. The minimum absolute atomic E-state index is 0.00435. The first-order valence-electron chi connectivity index (χ1n) is 7.19. The molecule has 0 spiro atoms. The van der Waals surface area contributed by atoms with Gasteiger partial charge in [0.2, 0.25) is 5.78 Å². The Balaban J connectivity index is 2.10. The number of hydrogen-bond donors (Lipinski definition) is 1. The number of nitrogens with one attached hydrogen (secondary N) is 1. The second kappa shape index (κ2) is 5.41. The summed E-state index contributed by atoms with van der Waals surface area (Å²) in [6.07, 6.45) is 0. The second-order valence-corrected chi connectivity index (χ2v) is 6.21. The van der Waals surface area contributed by atoms with Crippen LogP contribution >= 0.6 is 11.3 Å². The highest BCUT2D eigenvalue weighted by molar-refractivity contribution is 7.24. The number of fused-ring (bicyclic) bond motifs is 3. The average molecular weight is 330 g/mol. The number of ketones is 1. The highest BCUT2D eigenvalue weighted by Gasteiger charge is 2.19. The first-order chi connectivity index (χ1) is 11.7. The molecule has 114 valence electrons. The number of benzene rings is 2. The minimum atomic E-state index is -0.359. The van der Waals surface area contributed by atoms with Crippen LogP contribution < -0.4 is 5.49 Å². The number of carbonyl (C=O) groups is 1. The molecule has 0 aliphatic carbocycles. The first-order valence-corrected chi connectivity index (χ1v) is 8.01. The van der Waals surface area contributed by atoms with Crippen LogP contribution in [0.25, 0.3) is 15.0 Å². The molecule has 0 saturated carbocycles. The SMILES string of the molecule is N#Cc1nc(C(=O)c2ccccc2)c(=N)n2c1sc1ccccc12. The fourth-order valence-electron chi connectivity index (χ4n) is 2.64. The summed E-state index contributed by atoms with van der Waals surface area (Å²) in [5.74, 6) is -0.359. The summed E-state index contributed by atoms with van der Waals surface area (Å²) in [6, 6.07) is 18.3. The Bertz CT molecular complexity index is 1200. The van der Waals surface area contributed by atoms with Gasteiger partial charge in [0.15, 0.2) is 16.9 Å². The molecule has 2 heterocycles. The van der Waals surface area contributed by atoms with Crippen LogP contribution in [0.2, 0.25) is 0 Å². The molecule has 0 radical (unpaired) electrons. The Hall–Kier alpha value is -3.30. The average Bonchev–Trinajstić information content (AvgIpc) is 3.02. The summed E-state index contributed by atoms with van der Waals surface area (Å²) in [6.45, 7) is 0. The van der Waals surface area contributed by atoms with E-state index in [0.29, 0.717) is 10.4 Å². The van der Waals surface area contributed by atoms with Gasteiger partial charge in [-0.2, -0.15) is 5.26 Å². The minimum Gasteiger partial charge on any atom is -0.287 e. The van der Waals surface area contributed by atoms with Crippen molar-refractivity contribution >= 4 is 32.2 Å². The molecule has 0 unspecified atom stereocenters. The third kappa shape index (κ3) is 2.03. The summed E-state index contributed by atoms with van der Waals surface area (Å²) in [5.41, 5.74) is 1.38. The van der Waals surface area contributed by atoms with Crippen LogP contribution in [0.15, 0.2) is 54.6 Å². The van der Waals surface area contributed by atoms with E-state index in [4.69, 9.17) is 5.41 Å². The lowest BCUT2D eigenvalue weighted by atomic mass is 10.1. The van der Waals surface area contributed by atoms with Crippen molar-refractivity contribution in [1.29, 1.82) is 10.7 Å². The van der Waals surface area contributed by atoms with Crippen LogP contribution in [-0.4, -0.2) is 15.2 Å². The Morgan fingerprint density at radius 1 is 1.12 bits per heavy atom. The summed E-state index contributed by atoms with van der Waals surface area (Å²) >= 11 is 1.39. The van der Waals surface area contributed by atoms with Gasteiger partial charge in [0, 0.05) is 5.56 Å². The van der Waals surface area contributed by atoms with Crippen molar-refractivity contribution in [3.8, 4) is 6.07 Å². The highest BCUT2D eigenvalue weighted by Crippen LogP contribution is 2.26. The van der Waals surface area contributed by atoms with Crippen molar-refractivity contribution in [2.45, 2.75) is 0 Å². The molecule has 6 heteroatoms. The van der Waals surface area contributed by atoms with Gasteiger partial charge in [0.25, 0.3) is 0 Å². The third-order valence-corrected chi connectivity index (χ3v) is 4.88. The smallest absolute Gasteiger partial charge is 0.215 e. The predicted molar refractivity (Wildman–Crippen MR) is 91.0 cm³/mol. The van der Waals surface area contributed by atoms with E-state index in [9.17, 15) is 10.1 Å². The number of nitrogens with zero attached hydrogens (tertiary/aromatic N) is 3. The van der Waals surface area contributed by atoms with Crippen molar-refractivity contribution in [1.82, 2.24) is 9.38 Å².